The van der Waals surface area contributed by atoms with Gasteiger partial charge >= 0.3 is 0 Å². The zero-order chi connectivity index (χ0) is 17.8. The Bertz CT molecular complexity index is 774. The second-order valence-corrected chi connectivity index (χ2v) is 6.49. The van der Waals surface area contributed by atoms with Crippen LogP contribution in [0.1, 0.15) is 38.3 Å². The van der Waals surface area contributed by atoms with E-state index < -0.39 is 0 Å². The first-order valence-electron chi connectivity index (χ1n) is 8.62. The highest BCUT2D eigenvalue weighted by molar-refractivity contribution is 5.96. The Morgan fingerprint density at radius 1 is 0.880 bits per heavy atom. The van der Waals surface area contributed by atoms with Gasteiger partial charge in [-0.1, -0.05) is 17.7 Å². The van der Waals surface area contributed by atoms with E-state index in [1.807, 2.05) is 41.8 Å². The molecule has 2 aromatic rings. The number of nitrogens with zero attached hydrogens (tertiary/aromatic N) is 3. The van der Waals surface area contributed by atoms with E-state index >= 15 is 0 Å². The molecule has 0 saturated carbocycles. The summed E-state index contributed by atoms with van der Waals surface area (Å²) >= 11 is 0. The Hall–Kier alpha value is -2.69. The Labute approximate surface area is 148 Å². The van der Waals surface area contributed by atoms with Crippen molar-refractivity contribution in [1.82, 2.24) is 14.8 Å². The average Bonchev–Trinajstić information content (AvgIpc) is 2.89. The minimum Gasteiger partial charge on any atom is -0.337 e. The number of carbonyl (C=O) groups excluding carboxylic acids is 2. The lowest BCUT2D eigenvalue weighted by atomic mass is 10.0. The molecule has 5 heteroatoms. The third kappa shape index (κ3) is 3.87. The second kappa shape index (κ2) is 7.47. The molecule has 1 aliphatic heterocycles. The lowest BCUT2D eigenvalue weighted by Gasteiger charge is -2.23. The summed E-state index contributed by atoms with van der Waals surface area (Å²) in [6.45, 7) is 6.41. The summed E-state index contributed by atoms with van der Waals surface area (Å²) in [6, 6.07) is 9.41. The Balaban J connectivity index is 1.70. The number of hydrogen-bond acceptors (Lipinski definition) is 3. The molecule has 5 nitrogen and oxygen atoms in total. The zero-order valence-electron chi connectivity index (χ0n) is 14.7. The Kier molecular flexibility index (Phi) is 5.12. The van der Waals surface area contributed by atoms with E-state index in [0.29, 0.717) is 31.7 Å². The summed E-state index contributed by atoms with van der Waals surface area (Å²) in [5.74, 6) is 0.0582. The standard InChI is InChI=1S/C20H23N3O2/c1-15-4-5-16(2)18(14-15)20(25)23-11-3-10-22(12-13-23)19(24)17-6-8-21-9-7-17/h4-9,14H,3,10-13H2,1-2H3. The summed E-state index contributed by atoms with van der Waals surface area (Å²) in [4.78, 5) is 33.1. The van der Waals surface area contributed by atoms with Gasteiger partial charge in [0.25, 0.3) is 11.8 Å². The summed E-state index contributed by atoms with van der Waals surface area (Å²) in [5, 5.41) is 0. The molecule has 0 N–H and O–H groups in total. The molecule has 1 saturated heterocycles. The first-order chi connectivity index (χ1) is 12.1. The molecular formula is C20H23N3O2. The second-order valence-electron chi connectivity index (χ2n) is 6.49. The van der Waals surface area contributed by atoms with Crippen LogP contribution in [0.4, 0.5) is 0 Å². The zero-order valence-corrected chi connectivity index (χ0v) is 14.7. The van der Waals surface area contributed by atoms with Crippen molar-refractivity contribution in [1.29, 1.82) is 0 Å². The highest BCUT2D eigenvalue weighted by Gasteiger charge is 2.24. The van der Waals surface area contributed by atoms with Crippen LogP contribution in [0.2, 0.25) is 0 Å². The molecule has 1 fully saturated rings. The third-order valence-electron chi connectivity index (χ3n) is 4.62. The number of amides is 2. The van der Waals surface area contributed by atoms with Crippen molar-refractivity contribution >= 4 is 11.8 Å². The molecule has 2 amide bonds. The van der Waals surface area contributed by atoms with Gasteiger partial charge in [-0.05, 0) is 44.0 Å². The third-order valence-corrected chi connectivity index (χ3v) is 4.62. The number of aryl methyl sites for hydroxylation is 2. The molecule has 0 bridgehead atoms. The normalized spacial score (nSPS) is 15.0. The van der Waals surface area contributed by atoms with Crippen LogP contribution in [0.25, 0.3) is 0 Å². The molecule has 0 aliphatic carbocycles. The molecule has 0 unspecified atom stereocenters. The maximum atomic E-state index is 12.9. The Morgan fingerprint density at radius 2 is 1.52 bits per heavy atom. The first-order valence-corrected chi connectivity index (χ1v) is 8.62. The van der Waals surface area contributed by atoms with Gasteiger partial charge in [0.15, 0.2) is 0 Å². The van der Waals surface area contributed by atoms with Crippen molar-refractivity contribution in [3.63, 3.8) is 0 Å². The molecule has 1 aromatic carbocycles. The van der Waals surface area contributed by atoms with Gasteiger partial charge in [-0.25, -0.2) is 0 Å². The highest BCUT2D eigenvalue weighted by Crippen LogP contribution is 2.16. The van der Waals surface area contributed by atoms with E-state index in [-0.39, 0.29) is 11.8 Å². The number of carbonyl (C=O) groups is 2. The van der Waals surface area contributed by atoms with Gasteiger partial charge in [-0.2, -0.15) is 0 Å². The van der Waals surface area contributed by atoms with Crippen LogP contribution in [0.15, 0.2) is 42.7 Å². The molecule has 130 valence electrons. The van der Waals surface area contributed by atoms with Crippen molar-refractivity contribution < 1.29 is 9.59 Å². The minimum atomic E-state index is 0.00318. The highest BCUT2D eigenvalue weighted by atomic mass is 16.2. The van der Waals surface area contributed by atoms with Crippen molar-refractivity contribution in [2.75, 3.05) is 26.2 Å². The van der Waals surface area contributed by atoms with Gasteiger partial charge in [-0.15, -0.1) is 0 Å². The lowest BCUT2D eigenvalue weighted by molar-refractivity contribution is 0.0718. The van der Waals surface area contributed by atoms with Crippen LogP contribution in [-0.4, -0.2) is 52.8 Å². The molecule has 0 spiro atoms. The SMILES string of the molecule is Cc1ccc(C)c(C(=O)N2CCCN(C(=O)c3ccncc3)CC2)c1. The predicted molar refractivity (Wildman–Crippen MR) is 96.6 cm³/mol. The smallest absolute Gasteiger partial charge is 0.254 e. The topological polar surface area (TPSA) is 53.5 Å². The van der Waals surface area contributed by atoms with Crippen molar-refractivity contribution in [2.24, 2.45) is 0 Å². The summed E-state index contributed by atoms with van der Waals surface area (Å²) in [6.07, 6.45) is 4.04. The van der Waals surface area contributed by atoms with E-state index in [2.05, 4.69) is 4.98 Å². The number of hydrogen-bond donors (Lipinski definition) is 0. The lowest BCUT2D eigenvalue weighted by Crippen LogP contribution is -2.37. The molecule has 1 aromatic heterocycles. The maximum Gasteiger partial charge on any atom is 0.254 e. The summed E-state index contributed by atoms with van der Waals surface area (Å²) < 4.78 is 0. The van der Waals surface area contributed by atoms with E-state index in [9.17, 15) is 9.59 Å². The minimum absolute atomic E-state index is 0.00318. The number of rotatable bonds is 2. The largest absolute Gasteiger partial charge is 0.337 e. The van der Waals surface area contributed by atoms with Crippen LogP contribution >= 0.6 is 0 Å². The fourth-order valence-corrected chi connectivity index (χ4v) is 3.14. The van der Waals surface area contributed by atoms with Crippen molar-refractivity contribution in [2.45, 2.75) is 20.3 Å². The van der Waals surface area contributed by atoms with Gasteiger partial charge in [-0.3, -0.25) is 14.6 Å². The van der Waals surface area contributed by atoms with Gasteiger partial charge < -0.3 is 9.80 Å². The van der Waals surface area contributed by atoms with Crippen LogP contribution in [-0.2, 0) is 0 Å². The monoisotopic (exact) mass is 337 g/mol. The summed E-state index contributed by atoms with van der Waals surface area (Å²) in [5.41, 5.74) is 3.47. The molecule has 2 heterocycles. The number of pyridine rings is 1. The Morgan fingerprint density at radius 3 is 2.20 bits per heavy atom. The molecule has 1 aliphatic rings. The van der Waals surface area contributed by atoms with E-state index in [4.69, 9.17) is 0 Å². The van der Waals surface area contributed by atoms with Gasteiger partial charge in [0.1, 0.15) is 0 Å². The van der Waals surface area contributed by atoms with Crippen LogP contribution in [0, 0.1) is 13.8 Å². The molecular weight excluding hydrogens is 314 g/mol. The van der Waals surface area contributed by atoms with Crippen LogP contribution in [0.5, 0.6) is 0 Å². The van der Waals surface area contributed by atoms with Crippen molar-refractivity contribution in [3.05, 3.63) is 65.0 Å². The summed E-state index contributed by atoms with van der Waals surface area (Å²) in [7, 11) is 0. The van der Waals surface area contributed by atoms with Crippen LogP contribution < -0.4 is 0 Å². The van der Waals surface area contributed by atoms with Crippen LogP contribution in [0.3, 0.4) is 0 Å². The van der Waals surface area contributed by atoms with Gasteiger partial charge in [0.2, 0.25) is 0 Å². The first kappa shape index (κ1) is 17.1. The van der Waals surface area contributed by atoms with Crippen molar-refractivity contribution in [3.8, 4) is 0 Å². The van der Waals surface area contributed by atoms with E-state index in [1.165, 1.54) is 0 Å². The number of aromatic nitrogens is 1. The molecule has 3 rings (SSSR count). The maximum absolute atomic E-state index is 12.9. The molecule has 0 atom stereocenters. The van der Waals surface area contributed by atoms with Gasteiger partial charge in [0, 0.05) is 49.7 Å². The fraction of sp³-hybridized carbons (Fsp3) is 0.350. The molecule has 25 heavy (non-hydrogen) atoms. The molecule has 0 radical (unpaired) electrons. The average molecular weight is 337 g/mol. The quantitative estimate of drug-likeness (QED) is 0.847. The van der Waals surface area contributed by atoms with Gasteiger partial charge in [0.05, 0.1) is 0 Å². The van der Waals surface area contributed by atoms with E-state index in [0.717, 1.165) is 23.1 Å². The predicted octanol–water partition coefficient (Wildman–Crippen LogP) is 2.69. The number of benzene rings is 1. The fourth-order valence-electron chi connectivity index (χ4n) is 3.14. The van der Waals surface area contributed by atoms with E-state index in [1.54, 1.807) is 24.5 Å².